The highest BCUT2D eigenvalue weighted by molar-refractivity contribution is 5.78. The lowest BCUT2D eigenvalue weighted by Gasteiger charge is -2.37. The number of fused-ring (bicyclic) bond motifs is 1. The fraction of sp³-hybridized carbons (Fsp3) is 0.682. The Morgan fingerprint density at radius 2 is 2.03 bits per heavy atom. The molecule has 7 nitrogen and oxygen atoms in total. The van der Waals surface area contributed by atoms with E-state index in [9.17, 15) is 4.79 Å². The van der Waals surface area contributed by atoms with Crippen LogP contribution >= 0.6 is 0 Å². The molecule has 0 unspecified atom stereocenters. The lowest BCUT2D eigenvalue weighted by Crippen LogP contribution is -2.47. The molecule has 0 radical (unpaired) electrons. The predicted octanol–water partition coefficient (Wildman–Crippen LogP) is 2.12. The van der Waals surface area contributed by atoms with E-state index in [1.165, 1.54) is 24.8 Å². The van der Waals surface area contributed by atoms with Gasteiger partial charge in [-0.25, -0.2) is 4.98 Å². The number of carbonyl (C=O) groups excluding carboxylic acids is 1. The Labute approximate surface area is 173 Å². The van der Waals surface area contributed by atoms with E-state index in [2.05, 4.69) is 26.2 Å². The molecular weight excluding hydrogens is 366 g/mol. The first-order valence-electron chi connectivity index (χ1n) is 11.0. The van der Waals surface area contributed by atoms with Crippen LogP contribution in [0.1, 0.15) is 44.1 Å². The van der Waals surface area contributed by atoms with Crippen LogP contribution in [-0.4, -0.2) is 61.2 Å². The van der Waals surface area contributed by atoms with Crippen molar-refractivity contribution >= 4 is 11.7 Å². The summed E-state index contributed by atoms with van der Waals surface area (Å²) in [6.07, 6.45) is 8.55. The van der Waals surface area contributed by atoms with E-state index in [1.54, 1.807) is 0 Å². The maximum atomic E-state index is 11.6. The number of pyridine rings is 1. The average molecular weight is 398 g/mol. The zero-order chi connectivity index (χ0) is 20.1. The van der Waals surface area contributed by atoms with Gasteiger partial charge in [0, 0.05) is 50.4 Å². The van der Waals surface area contributed by atoms with Crippen molar-refractivity contribution < 1.29 is 9.53 Å². The Morgan fingerprint density at radius 1 is 1.24 bits per heavy atom. The highest BCUT2D eigenvalue weighted by atomic mass is 16.5. The molecule has 3 aliphatic rings. The first kappa shape index (κ1) is 20.0. The minimum atomic E-state index is -0.127. The number of carbonyl (C=O) groups is 1. The summed E-state index contributed by atoms with van der Waals surface area (Å²) in [5, 5.41) is 11.6. The fourth-order valence-corrected chi connectivity index (χ4v) is 4.81. The number of ether oxygens (including phenoxy) is 1. The second-order valence-corrected chi connectivity index (χ2v) is 8.46. The van der Waals surface area contributed by atoms with Gasteiger partial charge in [0.2, 0.25) is 5.91 Å². The Morgan fingerprint density at radius 3 is 2.79 bits per heavy atom. The maximum Gasteiger partial charge on any atom is 0.234 e. The number of anilines is 1. The molecule has 0 spiro atoms. The zero-order valence-corrected chi connectivity index (χ0v) is 17.1. The van der Waals surface area contributed by atoms with Gasteiger partial charge in [0.05, 0.1) is 12.7 Å². The molecule has 1 aliphatic carbocycles. The van der Waals surface area contributed by atoms with Crippen LogP contribution < -0.4 is 15.0 Å². The third-order valence-corrected chi connectivity index (χ3v) is 6.56. The summed E-state index contributed by atoms with van der Waals surface area (Å²) < 4.78 is 5.82. The van der Waals surface area contributed by atoms with Crippen molar-refractivity contribution in [3.05, 3.63) is 17.8 Å². The van der Waals surface area contributed by atoms with E-state index < -0.39 is 0 Å². The molecule has 1 aromatic rings. The lowest BCUT2D eigenvalue weighted by atomic mass is 9.84. The number of aromatic nitrogens is 1. The SMILES string of the molecule is N#CCC(=O)NC1CCC(CCN2CCN(c3nccc4c3OCC4)CC2)CC1. The van der Waals surface area contributed by atoms with Gasteiger partial charge >= 0.3 is 0 Å². The molecule has 0 bridgehead atoms. The topological polar surface area (TPSA) is 81.5 Å². The van der Waals surface area contributed by atoms with Gasteiger partial charge < -0.3 is 15.0 Å². The maximum absolute atomic E-state index is 11.6. The molecule has 3 heterocycles. The van der Waals surface area contributed by atoms with E-state index in [4.69, 9.17) is 10.00 Å². The van der Waals surface area contributed by atoms with E-state index in [0.717, 1.165) is 76.1 Å². The minimum Gasteiger partial charge on any atom is -0.489 e. The van der Waals surface area contributed by atoms with Crippen molar-refractivity contribution in [1.82, 2.24) is 15.2 Å². The Hall–Kier alpha value is -2.33. The van der Waals surface area contributed by atoms with Crippen LogP contribution in [0, 0.1) is 17.2 Å². The second kappa shape index (κ2) is 9.45. The van der Waals surface area contributed by atoms with E-state index in [1.807, 2.05) is 12.3 Å². The van der Waals surface area contributed by atoms with E-state index >= 15 is 0 Å². The third-order valence-electron chi connectivity index (χ3n) is 6.56. The van der Waals surface area contributed by atoms with Gasteiger partial charge in [0.15, 0.2) is 11.6 Å². The standard InChI is InChI=1S/C22H31N5O2/c23-9-5-20(28)25-19-3-1-17(2-4-19)7-11-26-12-14-27(15-13-26)22-21-18(6-10-24-22)8-16-29-21/h6,10,17,19H,1-5,7-8,11-16H2,(H,25,28). The van der Waals surface area contributed by atoms with Gasteiger partial charge in [-0.1, -0.05) is 0 Å². The van der Waals surface area contributed by atoms with Crippen molar-refractivity contribution in [2.75, 3.05) is 44.2 Å². The van der Waals surface area contributed by atoms with Crippen molar-refractivity contribution in [2.45, 2.75) is 51.0 Å². The van der Waals surface area contributed by atoms with Gasteiger partial charge in [-0.05, 0) is 50.6 Å². The minimum absolute atomic E-state index is 0.0284. The highest BCUT2D eigenvalue weighted by Gasteiger charge is 2.26. The molecule has 1 amide bonds. The van der Waals surface area contributed by atoms with Crippen LogP contribution in [0.3, 0.4) is 0 Å². The highest BCUT2D eigenvalue weighted by Crippen LogP contribution is 2.34. The number of nitrogens with zero attached hydrogens (tertiary/aromatic N) is 4. The molecular formula is C22H31N5O2. The smallest absolute Gasteiger partial charge is 0.234 e. The van der Waals surface area contributed by atoms with E-state index in [-0.39, 0.29) is 18.4 Å². The molecule has 1 N–H and O–H groups in total. The molecule has 4 rings (SSSR count). The van der Waals surface area contributed by atoms with Crippen molar-refractivity contribution in [3.8, 4) is 11.8 Å². The van der Waals surface area contributed by atoms with Crippen molar-refractivity contribution in [1.29, 1.82) is 5.26 Å². The van der Waals surface area contributed by atoms with Crippen LogP contribution in [0.15, 0.2) is 12.3 Å². The number of hydrogen-bond acceptors (Lipinski definition) is 6. The van der Waals surface area contributed by atoms with Crippen LogP contribution in [-0.2, 0) is 11.2 Å². The predicted molar refractivity (Wildman–Crippen MR) is 111 cm³/mol. The first-order chi connectivity index (χ1) is 14.2. The van der Waals surface area contributed by atoms with Gasteiger partial charge in [-0.3, -0.25) is 9.69 Å². The summed E-state index contributed by atoms with van der Waals surface area (Å²) in [6.45, 7) is 6.09. The first-order valence-corrected chi connectivity index (χ1v) is 11.0. The van der Waals surface area contributed by atoms with Gasteiger partial charge in [0.25, 0.3) is 0 Å². The van der Waals surface area contributed by atoms with Crippen LogP contribution in [0.4, 0.5) is 5.82 Å². The molecule has 7 heteroatoms. The molecule has 2 fully saturated rings. The monoisotopic (exact) mass is 397 g/mol. The quantitative estimate of drug-likeness (QED) is 0.792. The number of amides is 1. The summed E-state index contributed by atoms with van der Waals surface area (Å²) >= 11 is 0. The molecule has 1 aromatic heterocycles. The Kier molecular flexibility index (Phi) is 6.50. The number of piperazine rings is 1. The molecule has 2 aliphatic heterocycles. The van der Waals surface area contributed by atoms with Crippen LogP contribution in [0.2, 0.25) is 0 Å². The number of hydrogen-bond donors (Lipinski definition) is 1. The zero-order valence-electron chi connectivity index (χ0n) is 17.1. The molecule has 0 atom stereocenters. The molecule has 156 valence electrons. The fourth-order valence-electron chi connectivity index (χ4n) is 4.81. The van der Waals surface area contributed by atoms with Crippen LogP contribution in [0.5, 0.6) is 5.75 Å². The van der Waals surface area contributed by atoms with Crippen molar-refractivity contribution in [3.63, 3.8) is 0 Å². The second-order valence-electron chi connectivity index (χ2n) is 8.46. The summed E-state index contributed by atoms with van der Waals surface area (Å²) in [7, 11) is 0. The number of nitriles is 1. The third kappa shape index (κ3) is 4.99. The average Bonchev–Trinajstić information content (AvgIpc) is 3.23. The largest absolute Gasteiger partial charge is 0.489 e. The molecule has 1 saturated heterocycles. The number of rotatable bonds is 6. The van der Waals surface area contributed by atoms with Gasteiger partial charge in [-0.2, -0.15) is 5.26 Å². The normalized spacial score (nSPS) is 24.4. The van der Waals surface area contributed by atoms with E-state index in [0.29, 0.717) is 0 Å². The Bertz CT molecular complexity index is 746. The summed E-state index contributed by atoms with van der Waals surface area (Å²) in [5.74, 6) is 2.65. The molecule has 0 aromatic carbocycles. The summed E-state index contributed by atoms with van der Waals surface area (Å²) in [5.41, 5.74) is 1.29. The van der Waals surface area contributed by atoms with Crippen molar-refractivity contribution in [2.24, 2.45) is 5.92 Å². The number of nitrogens with one attached hydrogen (secondary N) is 1. The molecule has 29 heavy (non-hydrogen) atoms. The van der Waals surface area contributed by atoms with Gasteiger partial charge in [0.1, 0.15) is 6.42 Å². The lowest BCUT2D eigenvalue weighted by molar-refractivity contribution is -0.121. The van der Waals surface area contributed by atoms with Crippen LogP contribution in [0.25, 0.3) is 0 Å². The molecule has 1 saturated carbocycles. The summed E-state index contributed by atoms with van der Waals surface area (Å²) in [6, 6.07) is 4.25. The summed E-state index contributed by atoms with van der Waals surface area (Å²) in [4.78, 5) is 21.1. The van der Waals surface area contributed by atoms with Gasteiger partial charge in [-0.15, -0.1) is 0 Å². The Balaban J connectivity index is 1.17.